The maximum absolute atomic E-state index is 13.9. The van der Waals surface area contributed by atoms with E-state index in [1.807, 2.05) is 30.3 Å². The zero-order valence-electron chi connectivity index (χ0n) is 17.1. The van der Waals surface area contributed by atoms with Crippen LogP contribution in [0.5, 0.6) is 5.75 Å². The Morgan fingerprint density at radius 3 is 2.52 bits per heavy atom. The van der Waals surface area contributed by atoms with Crippen LogP contribution in [0.3, 0.4) is 0 Å². The molecule has 1 atom stereocenters. The van der Waals surface area contributed by atoms with Crippen LogP contribution in [-0.2, 0) is 20.6 Å². The fourth-order valence-electron chi connectivity index (χ4n) is 3.37. The number of hydrogen-bond donors (Lipinski definition) is 2. The van der Waals surface area contributed by atoms with Crippen LogP contribution in [0.4, 0.5) is 4.39 Å². The van der Waals surface area contributed by atoms with Crippen LogP contribution in [0.2, 0.25) is 0 Å². The predicted octanol–water partition coefficient (Wildman–Crippen LogP) is 2.01. The maximum Gasteiger partial charge on any atom is 0.332 e. The molecule has 0 amide bonds. The fraction of sp³-hybridized carbons (Fsp3) is 0.227. The molecule has 2 heterocycles. The Labute approximate surface area is 176 Å². The Bertz CT molecular complexity index is 1330. The van der Waals surface area contributed by atoms with Gasteiger partial charge in [-0.05, 0) is 17.7 Å². The molecule has 2 aromatic carbocycles. The summed E-state index contributed by atoms with van der Waals surface area (Å²) >= 11 is 0. The van der Waals surface area contributed by atoms with Gasteiger partial charge >= 0.3 is 5.69 Å². The number of aromatic nitrogens is 4. The number of nitrogens with zero attached hydrogens (tertiary/aromatic N) is 3. The highest BCUT2D eigenvalue weighted by Crippen LogP contribution is 2.19. The zero-order valence-corrected chi connectivity index (χ0v) is 17.1. The maximum atomic E-state index is 13.9. The number of benzene rings is 2. The standard InChI is InChI=1S/C22H22FN5O3/c1-27-20-19(21(29)28(2)22(27)30)25-18(26-20)12-24-16(14-8-4-3-5-9-14)13-31-17-11-7-6-10-15(17)23/h3-11,16,24H,12-13H2,1-2H3,(H,25,26). The van der Waals surface area contributed by atoms with Crippen LogP contribution in [0.1, 0.15) is 17.4 Å². The molecule has 0 saturated heterocycles. The van der Waals surface area contributed by atoms with E-state index in [2.05, 4.69) is 15.3 Å². The summed E-state index contributed by atoms with van der Waals surface area (Å²) in [4.78, 5) is 31.9. The second-order valence-corrected chi connectivity index (χ2v) is 7.17. The lowest BCUT2D eigenvalue weighted by atomic mass is 10.1. The normalized spacial score (nSPS) is 12.2. The Kier molecular flexibility index (Phi) is 5.68. The fourth-order valence-corrected chi connectivity index (χ4v) is 3.37. The lowest BCUT2D eigenvalue weighted by Gasteiger charge is -2.19. The van der Waals surface area contributed by atoms with Gasteiger partial charge in [0.15, 0.2) is 17.2 Å². The lowest BCUT2D eigenvalue weighted by Crippen LogP contribution is -2.36. The van der Waals surface area contributed by atoms with Crippen molar-refractivity contribution < 1.29 is 9.13 Å². The number of para-hydroxylation sites is 1. The number of aryl methyl sites for hydroxylation is 1. The first-order chi connectivity index (χ1) is 15.0. The molecule has 0 fully saturated rings. The van der Waals surface area contributed by atoms with Gasteiger partial charge in [0.25, 0.3) is 5.56 Å². The van der Waals surface area contributed by atoms with Crippen LogP contribution in [0.15, 0.2) is 64.2 Å². The number of halogens is 1. The summed E-state index contributed by atoms with van der Waals surface area (Å²) < 4.78 is 22.0. The van der Waals surface area contributed by atoms with Crippen LogP contribution < -0.4 is 21.3 Å². The molecule has 0 aliphatic carbocycles. The van der Waals surface area contributed by atoms with Gasteiger partial charge in [0.1, 0.15) is 17.9 Å². The molecular weight excluding hydrogens is 401 g/mol. The summed E-state index contributed by atoms with van der Waals surface area (Å²) in [6.45, 7) is 0.470. The number of ether oxygens (including phenoxy) is 1. The summed E-state index contributed by atoms with van der Waals surface area (Å²) in [7, 11) is 2.99. The number of aromatic amines is 1. The summed E-state index contributed by atoms with van der Waals surface area (Å²) in [6.07, 6.45) is 0. The average Bonchev–Trinajstić information content (AvgIpc) is 3.22. The van der Waals surface area contributed by atoms with Gasteiger partial charge in [0.05, 0.1) is 12.6 Å². The summed E-state index contributed by atoms with van der Waals surface area (Å²) in [6, 6.07) is 15.6. The highest BCUT2D eigenvalue weighted by molar-refractivity contribution is 5.69. The van der Waals surface area contributed by atoms with Crippen molar-refractivity contribution in [3.63, 3.8) is 0 Å². The molecule has 31 heavy (non-hydrogen) atoms. The largest absolute Gasteiger partial charge is 0.489 e. The smallest absolute Gasteiger partial charge is 0.332 e. The van der Waals surface area contributed by atoms with Gasteiger partial charge in [-0.1, -0.05) is 42.5 Å². The quantitative estimate of drug-likeness (QED) is 0.474. The number of hydrogen-bond acceptors (Lipinski definition) is 5. The number of rotatable bonds is 7. The average molecular weight is 423 g/mol. The molecule has 0 radical (unpaired) electrons. The lowest BCUT2D eigenvalue weighted by molar-refractivity contribution is 0.254. The van der Waals surface area contributed by atoms with E-state index in [1.54, 1.807) is 25.2 Å². The third-order valence-corrected chi connectivity index (χ3v) is 5.10. The first-order valence-electron chi connectivity index (χ1n) is 9.76. The van der Waals surface area contributed by atoms with Gasteiger partial charge in [0.2, 0.25) is 0 Å². The van der Waals surface area contributed by atoms with Crippen molar-refractivity contribution in [3.05, 3.63) is 92.6 Å². The highest BCUT2D eigenvalue weighted by atomic mass is 19.1. The van der Waals surface area contributed by atoms with E-state index in [0.717, 1.165) is 10.1 Å². The van der Waals surface area contributed by atoms with Gasteiger partial charge < -0.3 is 15.0 Å². The first kappa shape index (κ1) is 20.5. The van der Waals surface area contributed by atoms with Crippen molar-refractivity contribution in [1.29, 1.82) is 0 Å². The van der Waals surface area contributed by atoms with Crippen molar-refractivity contribution >= 4 is 11.2 Å². The van der Waals surface area contributed by atoms with Crippen molar-refractivity contribution in [2.75, 3.05) is 6.61 Å². The number of imidazole rings is 1. The molecule has 0 aliphatic rings. The monoisotopic (exact) mass is 423 g/mol. The van der Waals surface area contributed by atoms with Gasteiger partial charge in [0, 0.05) is 14.1 Å². The zero-order chi connectivity index (χ0) is 22.0. The third-order valence-electron chi connectivity index (χ3n) is 5.10. The van der Waals surface area contributed by atoms with Crippen LogP contribution in [0, 0.1) is 5.82 Å². The molecule has 0 aliphatic heterocycles. The minimum Gasteiger partial charge on any atom is -0.489 e. The highest BCUT2D eigenvalue weighted by Gasteiger charge is 2.17. The van der Waals surface area contributed by atoms with Gasteiger partial charge in [-0.2, -0.15) is 0 Å². The van der Waals surface area contributed by atoms with E-state index in [4.69, 9.17) is 4.74 Å². The Balaban J connectivity index is 1.57. The van der Waals surface area contributed by atoms with Gasteiger partial charge in [-0.15, -0.1) is 0 Å². The minimum atomic E-state index is -0.441. The van der Waals surface area contributed by atoms with Crippen molar-refractivity contribution in [1.82, 2.24) is 24.4 Å². The van der Waals surface area contributed by atoms with Gasteiger partial charge in [-0.3, -0.25) is 13.9 Å². The number of fused-ring (bicyclic) bond motifs is 1. The minimum absolute atomic E-state index is 0.174. The Morgan fingerprint density at radius 1 is 1.06 bits per heavy atom. The molecular formula is C22H22FN5O3. The van der Waals surface area contributed by atoms with Crippen LogP contribution in [0.25, 0.3) is 11.2 Å². The predicted molar refractivity (Wildman–Crippen MR) is 114 cm³/mol. The molecule has 9 heteroatoms. The molecule has 4 aromatic rings. The summed E-state index contributed by atoms with van der Waals surface area (Å²) in [5.74, 6) is 0.246. The topological polar surface area (TPSA) is 93.9 Å². The molecule has 2 aromatic heterocycles. The van der Waals surface area contributed by atoms with Crippen molar-refractivity contribution in [2.45, 2.75) is 12.6 Å². The van der Waals surface area contributed by atoms with E-state index in [-0.39, 0.29) is 30.5 Å². The van der Waals surface area contributed by atoms with Crippen molar-refractivity contribution in [3.8, 4) is 5.75 Å². The number of H-pyrrole nitrogens is 1. The molecule has 160 valence electrons. The molecule has 2 N–H and O–H groups in total. The van der Waals surface area contributed by atoms with Crippen LogP contribution in [-0.4, -0.2) is 25.7 Å². The SMILES string of the molecule is Cn1c(=O)c2[nH]c(CNC(COc3ccccc3F)c3ccccc3)nc2n(C)c1=O. The molecule has 4 rings (SSSR count). The second kappa shape index (κ2) is 8.57. The Morgan fingerprint density at radius 2 is 1.77 bits per heavy atom. The van der Waals surface area contributed by atoms with E-state index >= 15 is 0 Å². The summed E-state index contributed by atoms with van der Waals surface area (Å²) in [5.41, 5.74) is 0.644. The second-order valence-electron chi connectivity index (χ2n) is 7.17. The molecule has 1 unspecified atom stereocenters. The summed E-state index contributed by atoms with van der Waals surface area (Å²) in [5, 5.41) is 3.33. The van der Waals surface area contributed by atoms with E-state index in [1.165, 1.54) is 17.7 Å². The first-order valence-corrected chi connectivity index (χ1v) is 9.76. The van der Waals surface area contributed by atoms with E-state index in [0.29, 0.717) is 11.5 Å². The molecule has 0 spiro atoms. The molecule has 0 bridgehead atoms. The van der Waals surface area contributed by atoms with Crippen LogP contribution >= 0.6 is 0 Å². The van der Waals surface area contributed by atoms with E-state index in [9.17, 15) is 14.0 Å². The van der Waals surface area contributed by atoms with Gasteiger partial charge in [-0.25, -0.2) is 14.2 Å². The molecule has 8 nitrogen and oxygen atoms in total. The Hall–Kier alpha value is -3.72. The third kappa shape index (κ3) is 4.13. The number of nitrogens with one attached hydrogen (secondary N) is 2. The van der Waals surface area contributed by atoms with Crippen molar-refractivity contribution in [2.24, 2.45) is 14.1 Å². The van der Waals surface area contributed by atoms with E-state index < -0.39 is 17.1 Å². The molecule has 0 saturated carbocycles.